The van der Waals surface area contributed by atoms with Crippen LogP contribution in [0.3, 0.4) is 0 Å². The van der Waals surface area contributed by atoms with Crippen LogP contribution in [0.1, 0.15) is 46.5 Å². The zero-order valence-electron chi connectivity index (χ0n) is 10.5. The standard InChI is InChI=1S/C8H16O2.C4H7NO/c1-3-5-6-7(4-2)8(9)10;1-3(2)4(5)6/h7H,3-6H2,1-2H3,(H,9,10);1H2,2H3,(H2,5,6). The summed E-state index contributed by atoms with van der Waals surface area (Å²) in [5, 5.41) is 8.60. The number of nitrogens with two attached hydrogens (primary N) is 1. The van der Waals surface area contributed by atoms with Crippen molar-refractivity contribution in [3.8, 4) is 0 Å². The van der Waals surface area contributed by atoms with Gasteiger partial charge in [-0.15, -0.1) is 0 Å². The third-order valence-corrected chi connectivity index (χ3v) is 2.17. The Hall–Kier alpha value is -1.32. The number of carbonyl (C=O) groups excluding carboxylic acids is 1. The molecule has 0 saturated carbocycles. The van der Waals surface area contributed by atoms with E-state index in [1.807, 2.05) is 6.92 Å². The van der Waals surface area contributed by atoms with Crippen LogP contribution in [-0.2, 0) is 9.59 Å². The molecule has 0 fully saturated rings. The summed E-state index contributed by atoms with van der Waals surface area (Å²) in [7, 11) is 0. The summed E-state index contributed by atoms with van der Waals surface area (Å²) in [4.78, 5) is 20.3. The van der Waals surface area contributed by atoms with Gasteiger partial charge in [0, 0.05) is 5.57 Å². The van der Waals surface area contributed by atoms with Crippen molar-refractivity contribution in [1.29, 1.82) is 0 Å². The fourth-order valence-corrected chi connectivity index (χ4v) is 0.953. The lowest BCUT2D eigenvalue weighted by atomic mass is 10.00. The number of hydrogen-bond acceptors (Lipinski definition) is 2. The average Bonchev–Trinajstić information content (AvgIpc) is 2.19. The SMILES string of the molecule is C=C(C)C(N)=O.CCCCC(CC)C(=O)O. The van der Waals surface area contributed by atoms with Crippen LogP contribution >= 0.6 is 0 Å². The van der Waals surface area contributed by atoms with Crippen LogP contribution in [0.25, 0.3) is 0 Å². The Labute approximate surface area is 97.5 Å². The van der Waals surface area contributed by atoms with Gasteiger partial charge in [0.1, 0.15) is 0 Å². The number of rotatable bonds is 6. The number of aliphatic carboxylic acids is 1. The summed E-state index contributed by atoms with van der Waals surface area (Å²) in [6.45, 7) is 8.85. The molecule has 0 radical (unpaired) electrons. The second kappa shape index (κ2) is 10.2. The third kappa shape index (κ3) is 10.8. The van der Waals surface area contributed by atoms with E-state index < -0.39 is 11.9 Å². The van der Waals surface area contributed by atoms with E-state index in [-0.39, 0.29) is 5.92 Å². The van der Waals surface area contributed by atoms with Crippen molar-refractivity contribution in [2.45, 2.75) is 46.5 Å². The quantitative estimate of drug-likeness (QED) is 0.686. The Morgan fingerprint density at radius 1 is 1.38 bits per heavy atom. The molecule has 16 heavy (non-hydrogen) atoms. The van der Waals surface area contributed by atoms with E-state index in [4.69, 9.17) is 10.8 Å². The first-order valence-electron chi connectivity index (χ1n) is 5.54. The summed E-state index contributed by atoms with van der Waals surface area (Å²) >= 11 is 0. The minimum Gasteiger partial charge on any atom is -0.481 e. The summed E-state index contributed by atoms with van der Waals surface area (Å²) in [5.41, 5.74) is 5.09. The maximum Gasteiger partial charge on any atom is 0.306 e. The molecule has 1 amide bonds. The molecule has 0 rings (SSSR count). The van der Waals surface area contributed by atoms with Gasteiger partial charge < -0.3 is 10.8 Å². The van der Waals surface area contributed by atoms with Gasteiger partial charge in [-0.3, -0.25) is 9.59 Å². The molecule has 0 spiro atoms. The molecule has 0 aliphatic rings. The fourth-order valence-electron chi connectivity index (χ4n) is 0.953. The zero-order chi connectivity index (χ0) is 13.1. The van der Waals surface area contributed by atoms with E-state index in [2.05, 4.69) is 13.5 Å². The van der Waals surface area contributed by atoms with Gasteiger partial charge in [0.05, 0.1) is 5.92 Å². The third-order valence-electron chi connectivity index (χ3n) is 2.17. The number of unbranched alkanes of at least 4 members (excludes halogenated alkanes) is 1. The van der Waals surface area contributed by atoms with E-state index in [9.17, 15) is 9.59 Å². The molecule has 4 nitrogen and oxygen atoms in total. The highest BCUT2D eigenvalue weighted by Gasteiger charge is 2.12. The van der Waals surface area contributed by atoms with Gasteiger partial charge in [-0.05, 0) is 19.8 Å². The molecule has 3 N–H and O–H groups in total. The van der Waals surface area contributed by atoms with E-state index >= 15 is 0 Å². The highest BCUT2D eigenvalue weighted by molar-refractivity contribution is 5.90. The van der Waals surface area contributed by atoms with Gasteiger partial charge >= 0.3 is 5.97 Å². The molecule has 0 aromatic rings. The van der Waals surface area contributed by atoms with Crippen molar-refractivity contribution in [3.05, 3.63) is 12.2 Å². The minimum atomic E-state index is -0.643. The van der Waals surface area contributed by atoms with Gasteiger partial charge in [-0.25, -0.2) is 0 Å². The van der Waals surface area contributed by atoms with Crippen molar-refractivity contribution in [2.24, 2.45) is 11.7 Å². The molecule has 0 heterocycles. The van der Waals surface area contributed by atoms with Crippen LogP contribution in [0.4, 0.5) is 0 Å². The molecular weight excluding hydrogens is 206 g/mol. The summed E-state index contributed by atoms with van der Waals surface area (Å²) in [6, 6.07) is 0. The maximum absolute atomic E-state index is 10.4. The monoisotopic (exact) mass is 229 g/mol. The number of primary amides is 1. The van der Waals surface area contributed by atoms with Crippen molar-refractivity contribution >= 4 is 11.9 Å². The number of hydrogen-bond donors (Lipinski definition) is 2. The van der Waals surface area contributed by atoms with Crippen molar-refractivity contribution < 1.29 is 14.7 Å². The molecule has 0 aromatic carbocycles. The molecule has 0 bridgehead atoms. The van der Waals surface area contributed by atoms with E-state index in [1.54, 1.807) is 6.92 Å². The highest BCUT2D eigenvalue weighted by Crippen LogP contribution is 2.11. The van der Waals surface area contributed by atoms with Crippen LogP contribution < -0.4 is 5.73 Å². The molecule has 0 saturated heterocycles. The van der Waals surface area contributed by atoms with Crippen molar-refractivity contribution in [1.82, 2.24) is 0 Å². The number of carboxylic acid groups (broad SMARTS) is 1. The Morgan fingerprint density at radius 2 is 1.81 bits per heavy atom. The molecular formula is C12H23NO3. The largest absolute Gasteiger partial charge is 0.481 e. The lowest BCUT2D eigenvalue weighted by molar-refractivity contribution is -0.142. The Bertz CT molecular complexity index is 224. The molecule has 1 atom stereocenters. The fraction of sp³-hybridized carbons (Fsp3) is 0.667. The summed E-state index contributed by atoms with van der Waals surface area (Å²) in [6.07, 6.45) is 3.71. The second-order valence-electron chi connectivity index (χ2n) is 3.73. The van der Waals surface area contributed by atoms with Gasteiger partial charge in [-0.1, -0.05) is 33.3 Å². The number of amides is 1. The van der Waals surface area contributed by atoms with Crippen molar-refractivity contribution in [3.63, 3.8) is 0 Å². The first-order valence-corrected chi connectivity index (χ1v) is 5.54. The smallest absolute Gasteiger partial charge is 0.306 e. The van der Waals surface area contributed by atoms with Crippen LogP contribution in [-0.4, -0.2) is 17.0 Å². The normalized spacial score (nSPS) is 10.9. The Balaban J connectivity index is 0. The van der Waals surface area contributed by atoms with E-state index in [0.717, 1.165) is 25.7 Å². The number of carboxylic acids is 1. The molecule has 0 aliphatic heterocycles. The van der Waals surface area contributed by atoms with E-state index in [0.29, 0.717) is 5.57 Å². The molecule has 0 aromatic heterocycles. The molecule has 0 aliphatic carbocycles. The van der Waals surface area contributed by atoms with Gasteiger partial charge in [0.2, 0.25) is 5.91 Å². The van der Waals surface area contributed by atoms with Crippen LogP contribution in [0.5, 0.6) is 0 Å². The zero-order valence-corrected chi connectivity index (χ0v) is 10.5. The average molecular weight is 229 g/mol. The predicted octanol–water partition coefficient (Wildman–Crippen LogP) is 2.34. The Morgan fingerprint density at radius 3 is 2.00 bits per heavy atom. The van der Waals surface area contributed by atoms with Gasteiger partial charge in [-0.2, -0.15) is 0 Å². The molecule has 1 unspecified atom stereocenters. The van der Waals surface area contributed by atoms with E-state index in [1.165, 1.54) is 0 Å². The minimum absolute atomic E-state index is 0.111. The van der Waals surface area contributed by atoms with Crippen LogP contribution in [0, 0.1) is 5.92 Å². The Kier molecular flexibility index (Phi) is 10.9. The summed E-state index contributed by atoms with van der Waals surface area (Å²) < 4.78 is 0. The van der Waals surface area contributed by atoms with Gasteiger partial charge in [0.25, 0.3) is 0 Å². The van der Waals surface area contributed by atoms with Crippen LogP contribution in [0.15, 0.2) is 12.2 Å². The maximum atomic E-state index is 10.4. The van der Waals surface area contributed by atoms with Crippen molar-refractivity contribution in [2.75, 3.05) is 0 Å². The number of carbonyl (C=O) groups is 2. The summed E-state index contributed by atoms with van der Waals surface area (Å²) in [5.74, 6) is -1.19. The first kappa shape index (κ1) is 17.1. The first-order chi connectivity index (χ1) is 7.36. The lowest BCUT2D eigenvalue weighted by Gasteiger charge is -2.06. The molecule has 94 valence electrons. The predicted molar refractivity (Wildman–Crippen MR) is 65.0 cm³/mol. The topological polar surface area (TPSA) is 80.4 Å². The van der Waals surface area contributed by atoms with Crippen LogP contribution in [0.2, 0.25) is 0 Å². The van der Waals surface area contributed by atoms with Gasteiger partial charge in [0.15, 0.2) is 0 Å². The highest BCUT2D eigenvalue weighted by atomic mass is 16.4. The molecule has 4 heteroatoms. The lowest BCUT2D eigenvalue weighted by Crippen LogP contribution is -2.11. The second-order valence-corrected chi connectivity index (χ2v) is 3.73.